The lowest BCUT2D eigenvalue weighted by atomic mass is 10.1. The molecule has 0 bridgehead atoms. The largest absolute Gasteiger partial charge is 0.358 e. The molecule has 1 heterocycles. The molecule has 2 aromatic rings. The van der Waals surface area contributed by atoms with E-state index in [1.165, 1.54) is 16.6 Å². The van der Waals surface area contributed by atoms with Crippen molar-refractivity contribution in [3.63, 3.8) is 0 Å². The predicted octanol–water partition coefficient (Wildman–Crippen LogP) is 3.67. The van der Waals surface area contributed by atoms with Crippen LogP contribution >= 0.6 is 11.6 Å². The summed E-state index contributed by atoms with van der Waals surface area (Å²) in [6.45, 7) is 7.47. The summed E-state index contributed by atoms with van der Waals surface area (Å²) in [5, 5.41) is 5.52. The number of fused-ring (bicyclic) bond motifs is 1. The van der Waals surface area contributed by atoms with Crippen LogP contribution in [-0.2, 0) is 6.42 Å². The molecule has 0 radical (unpaired) electrons. The van der Waals surface area contributed by atoms with Crippen molar-refractivity contribution in [1.29, 1.82) is 0 Å². The number of nitrogens with one attached hydrogen (secondary N) is 2. The molecule has 0 aliphatic carbocycles. The number of halogens is 1. The number of aryl methyl sites for hydroxylation is 1. The van der Waals surface area contributed by atoms with Crippen molar-refractivity contribution in [1.82, 2.24) is 10.3 Å². The van der Waals surface area contributed by atoms with E-state index in [9.17, 15) is 0 Å². The molecule has 0 saturated heterocycles. The number of hydrogen-bond donors (Lipinski definition) is 2. The molecule has 3 heteroatoms. The van der Waals surface area contributed by atoms with E-state index in [1.54, 1.807) is 0 Å². The molecule has 1 aromatic heterocycles. The summed E-state index contributed by atoms with van der Waals surface area (Å²) in [5.41, 5.74) is 3.77. The highest BCUT2D eigenvalue weighted by atomic mass is 35.5. The van der Waals surface area contributed by atoms with Gasteiger partial charge in [-0.3, -0.25) is 0 Å². The van der Waals surface area contributed by atoms with E-state index < -0.39 is 0 Å². The van der Waals surface area contributed by atoms with Crippen molar-refractivity contribution in [2.24, 2.45) is 0 Å². The van der Waals surface area contributed by atoms with E-state index >= 15 is 0 Å². The van der Waals surface area contributed by atoms with Crippen molar-refractivity contribution < 1.29 is 0 Å². The monoisotopic (exact) mass is 250 g/mol. The van der Waals surface area contributed by atoms with Crippen LogP contribution in [0, 0.1) is 6.92 Å². The molecule has 0 atom stereocenters. The van der Waals surface area contributed by atoms with Crippen LogP contribution in [0.2, 0.25) is 5.02 Å². The van der Waals surface area contributed by atoms with Gasteiger partial charge in [0.05, 0.1) is 0 Å². The van der Waals surface area contributed by atoms with Gasteiger partial charge in [-0.15, -0.1) is 0 Å². The highest BCUT2D eigenvalue weighted by Crippen LogP contribution is 2.25. The molecular weight excluding hydrogens is 232 g/mol. The topological polar surface area (TPSA) is 27.8 Å². The first kappa shape index (κ1) is 12.5. The Hall–Kier alpha value is -0.990. The average Bonchev–Trinajstić information content (AvgIpc) is 2.54. The van der Waals surface area contributed by atoms with Gasteiger partial charge in [-0.2, -0.15) is 0 Å². The fraction of sp³-hybridized carbons (Fsp3) is 0.429. The lowest BCUT2D eigenvalue weighted by Crippen LogP contribution is -2.25. The minimum absolute atomic E-state index is 0.537. The summed E-state index contributed by atoms with van der Waals surface area (Å²) < 4.78 is 0. The number of aromatic amines is 1. The summed E-state index contributed by atoms with van der Waals surface area (Å²) in [7, 11) is 0. The van der Waals surface area contributed by atoms with Crippen LogP contribution in [0.15, 0.2) is 18.2 Å². The van der Waals surface area contributed by atoms with E-state index in [2.05, 4.69) is 37.1 Å². The highest BCUT2D eigenvalue weighted by Gasteiger charge is 2.08. The Morgan fingerprint density at radius 3 is 2.82 bits per heavy atom. The van der Waals surface area contributed by atoms with Gasteiger partial charge in [-0.25, -0.2) is 0 Å². The second-order valence-electron chi connectivity index (χ2n) is 4.78. The van der Waals surface area contributed by atoms with Gasteiger partial charge >= 0.3 is 0 Å². The molecule has 2 N–H and O–H groups in total. The molecule has 0 unspecified atom stereocenters. The van der Waals surface area contributed by atoms with Crippen LogP contribution in [-0.4, -0.2) is 17.6 Å². The lowest BCUT2D eigenvalue weighted by molar-refractivity contribution is 0.590. The van der Waals surface area contributed by atoms with Crippen molar-refractivity contribution in [2.75, 3.05) is 6.54 Å². The van der Waals surface area contributed by atoms with Gasteiger partial charge in [0.15, 0.2) is 0 Å². The maximum atomic E-state index is 5.99. The van der Waals surface area contributed by atoms with Gasteiger partial charge < -0.3 is 10.3 Å². The summed E-state index contributed by atoms with van der Waals surface area (Å²) in [4.78, 5) is 3.39. The Morgan fingerprint density at radius 1 is 1.35 bits per heavy atom. The SMILES string of the molecule is Cc1[nH]c2cc(Cl)ccc2c1CCNC(C)C. The second kappa shape index (κ2) is 5.11. The Bertz CT molecular complexity index is 514. The van der Waals surface area contributed by atoms with Crippen LogP contribution in [0.25, 0.3) is 10.9 Å². The van der Waals surface area contributed by atoms with Crippen molar-refractivity contribution in [2.45, 2.75) is 33.2 Å². The number of rotatable bonds is 4. The van der Waals surface area contributed by atoms with E-state index in [-0.39, 0.29) is 0 Å². The van der Waals surface area contributed by atoms with Crippen molar-refractivity contribution >= 4 is 22.5 Å². The van der Waals surface area contributed by atoms with E-state index in [1.807, 2.05) is 12.1 Å². The highest BCUT2D eigenvalue weighted by molar-refractivity contribution is 6.31. The standard InChI is InChI=1S/C14H19ClN2/c1-9(2)16-7-6-12-10(3)17-14-8-11(15)4-5-13(12)14/h4-5,8-9,16-17H,6-7H2,1-3H3. The van der Waals surface area contributed by atoms with Crippen LogP contribution in [0.4, 0.5) is 0 Å². The minimum Gasteiger partial charge on any atom is -0.358 e. The second-order valence-corrected chi connectivity index (χ2v) is 5.21. The Kier molecular flexibility index (Phi) is 3.75. The molecule has 0 saturated carbocycles. The quantitative estimate of drug-likeness (QED) is 0.852. The smallest absolute Gasteiger partial charge is 0.0473 e. The van der Waals surface area contributed by atoms with Gasteiger partial charge in [0, 0.05) is 27.7 Å². The third-order valence-corrected chi connectivity index (χ3v) is 3.24. The van der Waals surface area contributed by atoms with Crippen LogP contribution in [0.1, 0.15) is 25.1 Å². The van der Waals surface area contributed by atoms with Gasteiger partial charge in [0.2, 0.25) is 0 Å². The average molecular weight is 251 g/mol. The van der Waals surface area contributed by atoms with E-state index in [4.69, 9.17) is 11.6 Å². The molecule has 0 fully saturated rings. The maximum Gasteiger partial charge on any atom is 0.0473 e. The summed E-state index contributed by atoms with van der Waals surface area (Å²) in [6, 6.07) is 6.58. The first-order chi connectivity index (χ1) is 8.08. The van der Waals surface area contributed by atoms with Crippen molar-refractivity contribution in [3.8, 4) is 0 Å². The van der Waals surface area contributed by atoms with E-state index in [0.29, 0.717) is 6.04 Å². The fourth-order valence-electron chi connectivity index (χ4n) is 2.17. The maximum absolute atomic E-state index is 5.99. The first-order valence-electron chi connectivity index (χ1n) is 6.08. The third kappa shape index (κ3) is 2.82. The van der Waals surface area contributed by atoms with Gasteiger partial charge in [0.25, 0.3) is 0 Å². The molecule has 0 aliphatic heterocycles. The van der Waals surface area contributed by atoms with Gasteiger partial charge in [-0.05, 0) is 37.6 Å². The summed E-state index contributed by atoms with van der Waals surface area (Å²) in [6.07, 6.45) is 1.05. The molecule has 0 spiro atoms. The lowest BCUT2D eigenvalue weighted by Gasteiger charge is -2.07. The van der Waals surface area contributed by atoms with Crippen LogP contribution in [0.5, 0.6) is 0 Å². The Morgan fingerprint density at radius 2 is 2.12 bits per heavy atom. The minimum atomic E-state index is 0.537. The molecule has 0 amide bonds. The van der Waals surface area contributed by atoms with Crippen LogP contribution < -0.4 is 5.32 Å². The first-order valence-corrected chi connectivity index (χ1v) is 6.46. The molecule has 17 heavy (non-hydrogen) atoms. The summed E-state index contributed by atoms with van der Waals surface area (Å²) >= 11 is 5.99. The van der Waals surface area contributed by atoms with Gasteiger partial charge in [0.1, 0.15) is 0 Å². The molecular formula is C14H19ClN2. The number of hydrogen-bond acceptors (Lipinski definition) is 1. The number of benzene rings is 1. The zero-order valence-electron chi connectivity index (χ0n) is 10.6. The molecule has 1 aromatic carbocycles. The number of H-pyrrole nitrogens is 1. The molecule has 2 nitrogen and oxygen atoms in total. The zero-order chi connectivity index (χ0) is 12.4. The Balaban J connectivity index is 2.24. The number of aromatic nitrogens is 1. The molecule has 2 rings (SSSR count). The molecule has 92 valence electrons. The van der Waals surface area contributed by atoms with Gasteiger partial charge in [-0.1, -0.05) is 31.5 Å². The van der Waals surface area contributed by atoms with E-state index in [0.717, 1.165) is 23.5 Å². The third-order valence-electron chi connectivity index (χ3n) is 3.01. The predicted molar refractivity (Wildman–Crippen MR) is 74.9 cm³/mol. The fourth-order valence-corrected chi connectivity index (χ4v) is 2.34. The normalized spacial score (nSPS) is 11.6. The summed E-state index contributed by atoms with van der Waals surface area (Å²) in [5.74, 6) is 0. The zero-order valence-corrected chi connectivity index (χ0v) is 11.4. The van der Waals surface area contributed by atoms with Crippen LogP contribution in [0.3, 0.4) is 0 Å². The van der Waals surface area contributed by atoms with Crippen molar-refractivity contribution in [3.05, 3.63) is 34.5 Å². The molecule has 0 aliphatic rings. The Labute approximate surface area is 107 Å².